The maximum atomic E-state index is 12.1. The number of amides is 1. The Morgan fingerprint density at radius 2 is 2.05 bits per heavy atom. The quantitative estimate of drug-likeness (QED) is 0.841. The monoisotopic (exact) mass is 289 g/mol. The lowest BCUT2D eigenvalue weighted by atomic mass is 10.1. The molecular weight excluding hydrogens is 270 g/mol. The highest BCUT2D eigenvalue weighted by molar-refractivity contribution is 5.83. The standard InChI is InChI=1S/C16H19NO4/c1-10(17-15(20)13-8-16(13)6-7-16)11-2-4-12(5-3-11)21-9-14(18)19/h2-5,10,13H,6-9H2,1H3,(H,17,20)(H,18,19). The smallest absolute Gasteiger partial charge is 0.341 e. The van der Waals surface area contributed by atoms with E-state index in [9.17, 15) is 9.59 Å². The van der Waals surface area contributed by atoms with Gasteiger partial charge in [-0.05, 0) is 49.3 Å². The molecule has 1 aromatic rings. The number of nitrogens with one attached hydrogen (secondary N) is 1. The third-order valence-electron chi connectivity index (χ3n) is 4.50. The highest BCUT2D eigenvalue weighted by atomic mass is 16.5. The predicted molar refractivity (Wildman–Crippen MR) is 75.9 cm³/mol. The van der Waals surface area contributed by atoms with E-state index in [-0.39, 0.29) is 24.5 Å². The normalized spacial score (nSPS) is 22.4. The molecule has 1 aromatic carbocycles. The van der Waals surface area contributed by atoms with E-state index in [1.54, 1.807) is 12.1 Å². The first kappa shape index (κ1) is 13.9. The molecule has 3 rings (SSSR count). The van der Waals surface area contributed by atoms with Crippen molar-refractivity contribution in [3.05, 3.63) is 29.8 Å². The summed E-state index contributed by atoms with van der Waals surface area (Å²) in [4.78, 5) is 22.5. The second-order valence-corrected chi connectivity index (χ2v) is 6.10. The summed E-state index contributed by atoms with van der Waals surface area (Å²) in [5.41, 5.74) is 1.36. The first-order valence-corrected chi connectivity index (χ1v) is 7.25. The van der Waals surface area contributed by atoms with Gasteiger partial charge in [0.25, 0.3) is 0 Å². The maximum absolute atomic E-state index is 12.1. The fraction of sp³-hybridized carbons (Fsp3) is 0.500. The second kappa shape index (κ2) is 5.06. The van der Waals surface area contributed by atoms with E-state index < -0.39 is 5.97 Å². The van der Waals surface area contributed by atoms with Crippen molar-refractivity contribution in [1.82, 2.24) is 5.32 Å². The van der Waals surface area contributed by atoms with Gasteiger partial charge in [0, 0.05) is 5.92 Å². The van der Waals surface area contributed by atoms with Gasteiger partial charge in [0.1, 0.15) is 5.75 Å². The van der Waals surface area contributed by atoms with Gasteiger partial charge in [-0.3, -0.25) is 4.79 Å². The molecule has 0 aromatic heterocycles. The minimum absolute atomic E-state index is 0.0533. The number of aliphatic carboxylic acids is 1. The first-order valence-electron chi connectivity index (χ1n) is 7.25. The van der Waals surface area contributed by atoms with Gasteiger partial charge in [0.2, 0.25) is 5.91 Å². The summed E-state index contributed by atoms with van der Waals surface area (Å²) < 4.78 is 5.08. The van der Waals surface area contributed by atoms with Crippen molar-refractivity contribution in [2.45, 2.75) is 32.2 Å². The molecule has 1 amide bonds. The van der Waals surface area contributed by atoms with Crippen LogP contribution in [0, 0.1) is 11.3 Å². The molecule has 2 N–H and O–H groups in total. The van der Waals surface area contributed by atoms with Gasteiger partial charge < -0.3 is 15.2 Å². The molecule has 0 bridgehead atoms. The molecule has 1 spiro atoms. The number of carboxylic acid groups (broad SMARTS) is 1. The van der Waals surface area contributed by atoms with Crippen molar-refractivity contribution in [2.24, 2.45) is 11.3 Å². The van der Waals surface area contributed by atoms with Crippen molar-refractivity contribution in [3.63, 3.8) is 0 Å². The Hall–Kier alpha value is -2.04. The Morgan fingerprint density at radius 1 is 1.38 bits per heavy atom. The molecule has 112 valence electrons. The van der Waals surface area contributed by atoms with Crippen LogP contribution in [0.2, 0.25) is 0 Å². The van der Waals surface area contributed by atoms with Crippen LogP contribution < -0.4 is 10.1 Å². The Kier molecular flexibility index (Phi) is 3.35. The highest BCUT2D eigenvalue weighted by Gasteiger charge is 2.65. The third kappa shape index (κ3) is 3.01. The van der Waals surface area contributed by atoms with Crippen LogP contribution in [0.4, 0.5) is 0 Å². The topological polar surface area (TPSA) is 75.6 Å². The van der Waals surface area contributed by atoms with E-state index in [0.717, 1.165) is 12.0 Å². The number of carboxylic acids is 1. The molecule has 2 aliphatic rings. The molecule has 2 fully saturated rings. The first-order chi connectivity index (χ1) is 10.00. The van der Waals surface area contributed by atoms with Crippen molar-refractivity contribution in [2.75, 3.05) is 6.61 Å². The van der Waals surface area contributed by atoms with Crippen LogP contribution in [-0.4, -0.2) is 23.6 Å². The van der Waals surface area contributed by atoms with Crippen LogP contribution >= 0.6 is 0 Å². The number of rotatable bonds is 6. The molecule has 2 atom stereocenters. The Labute approximate surface area is 123 Å². The molecule has 5 heteroatoms. The molecule has 5 nitrogen and oxygen atoms in total. The van der Waals surface area contributed by atoms with Gasteiger partial charge in [-0.25, -0.2) is 4.79 Å². The molecule has 2 unspecified atom stereocenters. The van der Waals surface area contributed by atoms with Crippen LogP contribution in [0.3, 0.4) is 0 Å². The van der Waals surface area contributed by atoms with Gasteiger partial charge in [0.15, 0.2) is 6.61 Å². The fourth-order valence-electron chi connectivity index (χ4n) is 2.83. The minimum Gasteiger partial charge on any atom is -0.482 e. The van der Waals surface area contributed by atoms with Crippen LogP contribution in [0.1, 0.15) is 37.8 Å². The molecule has 21 heavy (non-hydrogen) atoms. The molecule has 0 heterocycles. The summed E-state index contributed by atoms with van der Waals surface area (Å²) in [5.74, 6) is -0.110. The summed E-state index contributed by atoms with van der Waals surface area (Å²) in [6.07, 6.45) is 3.46. The molecule has 2 saturated carbocycles. The lowest BCUT2D eigenvalue weighted by Gasteiger charge is -2.15. The largest absolute Gasteiger partial charge is 0.482 e. The van der Waals surface area contributed by atoms with Crippen LogP contribution in [0.25, 0.3) is 0 Å². The average molecular weight is 289 g/mol. The average Bonchev–Trinajstić information content (AvgIpc) is 3.37. The number of hydrogen-bond donors (Lipinski definition) is 2. The fourth-order valence-corrected chi connectivity index (χ4v) is 2.83. The second-order valence-electron chi connectivity index (χ2n) is 6.10. The van der Waals surface area contributed by atoms with E-state index in [1.165, 1.54) is 12.8 Å². The van der Waals surface area contributed by atoms with Gasteiger partial charge in [-0.15, -0.1) is 0 Å². The zero-order valence-corrected chi connectivity index (χ0v) is 12.0. The zero-order valence-electron chi connectivity index (χ0n) is 12.0. The van der Waals surface area contributed by atoms with Gasteiger partial charge in [0.05, 0.1) is 6.04 Å². The third-order valence-corrected chi connectivity index (χ3v) is 4.50. The number of hydrogen-bond acceptors (Lipinski definition) is 3. The number of carbonyl (C=O) groups is 2. The number of ether oxygens (including phenoxy) is 1. The minimum atomic E-state index is -1.00. The zero-order chi connectivity index (χ0) is 15.0. The van der Waals surface area contributed by atoms with Crippen molar-refractivity contribution in [3.8, 4) is 5.75 Å². The molecule has 0 aliphatic heterocycles. The summed E-state index contributed by atoms with van der Waals surface area (Å²) in [7, 11) is 0. The van der Waals surface area contributed by atoms with E-state index in [4.69, 9.17) is 9.84 Å². The van der Waals surface area contributed by atoms with Crippen molar-refractivity contribution >= 4 is 11.9 Å². The highest BCUT2D eigenvalue weighted by Crippen LogP contribution is 2.70. The van der Waals surface area contributed by atoms with E-state index in [1.807, 2.05) is 19.1 Å². The molecule has 0 radical (unpaired) electrons. The molecule has 2 aliphatic carbocycles. The summed E-state index contributed by atoms with van der Waals surface area (Å²) in [5, 5.41) is 11.6. The van der Waals surface area contributed by atoms with Crippen molar-refractivity contribution in [1.29, 1.82) is 0 Å². The van der Waals surface area contributed by atoms with Crippen LogP contribution in [-0.2, 0) is 9.59 Å². The van der Waals surface area contributed by atoms with E-state index in [2.05, 4.69) is 5.32 Å². The molecular formula is C16H19NO4. The number of benzene rings is 1. The molecule has 0 saturated heterocycles. The van der Waals surface area contributed by atoms with E-state index in [0.29, 0.717) is 11.2 Å². The predicted octanol–water partition coefficient (Wildman–Crippen LogP) is 2.13. The van der Waals surface area contributed by atoms with E-state index >= 15 is 0 Å². The Balaban J connectivity index is 1.53. The summed E-state index contributed by atoms with van der Waals surface area (Å²) in [6.45, 7) is 1.60. The summed E-state index contributed by atoms with van der Waals surface area (Å²) >= 11 is 0. The lowest BCUT2D eigenvalue weighted by molar-refractivity contribution is -0.139. The van der Waals surface area contributed by atoms with Crippen LogP contribution in [0.15, 0.2) is 24.3 Å². The summed E-state index contributed by atoms with van der Waals surface area (Å²) in [6, 6.07) is 7.09. The van der Waals surface area contributed by atoms with Crippen LogP contribution in [0.5, 0.6) is 5.75 Å². The lowest BCUT2D eigenvalue weighted by Crippen LogP contribution is -2.28. The van der Waals surface area contributed by atoms with Gasteiger partial charge in [-0.1, -0.05) is 12.1 Å². The SMILES string of the molecule is CC(NC(=O)C1CC12CC2)c1ccc(OCC(=O)O)cc1. The Morgan fingerprint density at radius 3 is 2.57 bits per heavy atom. The van der Waals surface area contributed by atoms with Crippen molar-refractivity contribution < 1.29 is 19.4 Å². The number of carbonyl (C=O) groups excluding carboxylic acids is 1. The van der Waals surface area contributed by atoms with Gasteiger partial charge >= 0.3 is 5.97 Å². The van der Waals surface area contributed by atoms with Gasteiger partial charge in [-0.2, -0.15) is 0 Å². The Bertz CT molecular complexity index is 562. The maximum Gasteiger partial charge on any atom is 0.341 e.